The van der Waals surface area contributed by atoms with E-state index in [1.165, 1.54) is 30.2 Å². The number of non-ortho nitro benzene ring substituents is 1. The Hall–Kier alpha value is -5.46. The van der Waals surface area contributed by atoms with Crippen molar-refractivity contribution >= 4 is 40.9 Å². The fraction of sp³-hybridized carbons (Fsp3) is 0.241. The van der Waals surface area contributed by atoms with Crippen LogP contribution < -0.4 is 20.7 Å². The van der Waals surface area contributed by atoms with Crippen LogP contribution in [0.5, 0.6) is 5.75 Å². The van der Waals surface area contributed by atoms with Crippen LogP contribution in [0.15, 0.2) is 66.7 Å². The van der Waals surface area contributed by atoms with E-state index in [4.69, 9.17) is 9.84 Å². The largest absolute Gasteiger partial charge is 0.495 e. The molecule has 0 atom stereocenters. The first-order valence-corrected chi connectivity index (χ1v) is 12.9. The van der Waals surface area contributed by atoms with Crippen LogP contribution in [-0.4, -0.2) is 58.9 Å². The number of carbonyl (C=O) groups excluding carboxylic acids is 3. The van der Waals surface area contributed by atoms with Crippen LogP contribution in [0.3, 0.4) is 0 Å². The van der Waals surface area contributed by atoms with Crippen molar-refractivity contribution in [1.82, 2.24) is 10.2 Å². The van der Waals surface area contributed by atoms with Gasteiger partial charge in [-0.05, 0) is 41.8 Å². The number of hydrogen-bond acceptors (Lipinski definition) is 7. The smallest absolute Gasteiger partial charge is 0.323 e. The van der Waals surface area contributed by atoms with E-state index in [0.29, 0.717) is 28.3 Å². The number of nitrogens with one attached hydrogen (secondary N) is 3. The first-order valence-electron chi connectivity index (χ1n) is 12.9. The average molecular weight is 578 g/mol. The van der Waals surface area contributed by atoms with Gasteiger partial charge in [0.1, 0.15) is 5.75 Å². The Morgan fingerprint density at radius 1 is 0.952 bits per heavy atom. The molecule has 4 N–H and O–H groups in total. The molecule has 0 saturated carbocycles. The van der Waals surface area contributed by atoms with Gasteiger partial charge in [-0.15, -0.1) is 0 Å². The lowest BCUT2D eigenvalue weighted by atomic mass is 10.1. The number of aliphatic carboxylic acids is 1. The summed E-state index contributed by atoms with van der Waals surface area (Å²) in [5.74, 6) is -1.81. The number of benzene rings is 3. The van der Waals surface area contributed by atoms with Crippen molar-refractivity contribution in [3.05, 3.63) is 93.5 Å². The second-order valence-electron chi connectivity index (χ2n) is 9.27. The van der Waals surface area contributed by atoms with Crippen LogP contribution in [0, 0.1) is 17.0 Å². The van der Waals surface area contributed by atoms with Crippen molar-refractivity contribution in [3.8, 4) is 5.75 Å². The minimum atomic E-state index is -1.12. The number of nitro groups is 1. The highest BCUT2D eigenvalue weighted by Crippen LogP contribution is 2.26. The number of nitro benzene ring substituents is 1. The molecular formula is C29H31N5O8. The van der Waals surface area contributed by atoms with Gasteiger partial charge in [-0.2, -0.15) is 0 Å². The number of ether oxygens (including phenoxy) is 1. The Labute approximate surface area is 241 Å². The van der Waals surface area contributed by atoms with E-state index in [1.807, 2.05) is 25.1 Å². The van der Waals surface area contributed by atoms with Crippen molar-refractivity contribution in [1.29, 1.82) is 0 Å². The third kappa shape index (κ3) is 9.33. The highest BCUT2D eigenvalue weighted by molar-refractivity contribution is 6.01. The number of anilines is 2. The van der Waals surface area contributed by atoms with Crippen LogP contribution in [0.2, 0.25) is 0 Å². The number of carboxylic acid groups (broad SMARTS) is 1. The zero-order chi connectivity index (χ0) is 30.6. The van der Waals surface area contributed by atoms with Crippen molar-refractivity contribution in [2.75, 3.05) is 30.8 Å². The van der Waals surface area contributed by atoms with Gasteiger partial charge < -0.3 is 30.7 Å². The molecule has 0 aliphatic carbocycles. The zero-order valence-corrected chi connectivity index (χ0v) is 23.1. The molecule has 0 aliphatic heterocycles. The van der Waals surface area contributed by atoms with Crippen LogP contribution in [0.1, 0.15) is 23.1 Å². The monoisotopic (exact) mass is 577 g/mol. The SMILES string of the molecule is COc1cc(CC(=O)NCC(=O)N(CCC(=O)O)Cc2cccc([N+](=O)[O-])c2)ccc1NC(=O)Nc1ccccc1C. The molecule has 0 aromatic heterocycles. The van der Waals surface area contributed by atoms with Crippen LogP contribution >= 0.6 is 0 Å². The van der Waals surface area contributed by atoms with E-state index >= 15 is 0 Å². The maximum Gasteiger partial charge on any atom is 0.323 e. The van der Waals surface area contributed by atoms with E-state index in [0.717, 1.165) is 5.56 Å². The van der Waals surface area contributed by atoms with Gasteiger partial charge in [0.15, 0.2) is 0 Å². The Kier molecular flexibility index (Phi) is 10.9. The van der Waals surface area contributed by atoms with E-state index < -0.39 is 35.3 Å². The maximum absolute atomic E-state index is 12.9. The minimum Gasteiger partial charge on any atom is -0.495 e. The molecular weight excluding hydrogens is 546 g/mol. The molecule has 0 fully saturated rings. The molecule has 3 rings (SSSR count). The third-order valence-electron chi connectivity index (χ3n) is 6.15. The molecule has 13 nitrogen and oxygen atoms in total. The molecule has 0 bridgehead atoms. The fourth-order valence-electron chi connectivity index (χ4n) is 3.98. The number of rotatable bonds is 13. The molecule has 3 aromatic rings. The van der Waals surface area contributed by atoms with Crippen LogP contribution in [0.25, 0.3) is 0 Å². The molecule has 4 amide bonds. The Balaban J connectivity index is 1.59. The summed E-state index contributed by atoms with van der Waals surface area (Å²) >= 11 is 0. The number of hydrogen-bond donors (Lipinski definition) is 4. The van der Waals surface area contributed by atoms with Crippen molar-refractivity contribution in [2.45, 2.75) is 26.3 Å². The van der Waals surface area contributed by atoms with Crippen molar-refractivity contribution in [2.24, 2.45) is 0 Å². The second-order valence-corrected chi connectivity index (χ2v) is 9.27. The van der Waals surface area contributed by atoms with E-state index in [1.54, 1.807) is 30.3 Å². The summed E-state index contributed by atoms with van der Waals surface area (Å²) < 4.78 is 5.37. The normalized spacial score (nSPS) is 10.3. The molecule has 0 spiro atoms. The Morgan fingerprint density at radius 3 is 2.38 bits per heavy atom. The number of para-hydroxylation sites is 1. The topological polar surface area (TPSA) is 180 Å². The number of nitrogens with zero attached hydrogens (tertiary/aromatic N) is 2. The van der Waals surface area contributed by atoms with Gasteiger partial charge in [-0.3, -0.25) is 24.5 Å². The number of methoxy groups -OCH3 is 1. The summed E-state index contributed by atoms with van der Waals surface area (Å²) in [4.78, 5) is 60.8. The molecule has 0 aliphatic rings. The Bertz CT molecular complexity index is 1480. The number of aryl methyl sites for hydroxylation is 1. The molecule has 0 radical (unpaired) electrons. The minimum absolute atomic E-state index is 0.0628. The molecule has 13 heteroatoms. The first kappa shape index (κ1) is 31.1. The summed E-state index contributed by atoms with van der Waals surface area (Å²) in [6.07, 6.45) is -0.433. The van der Waals surface area contributed by atoms with Gasteiger partial charge in [0.25, 0.3) is 5.69 Å². The summed E-state index contributed by atoms with van der Waals surface area (Å²) in [5.41, 5.74) is 2.79. The van der Waals surface area contributed by atoms with Crippen molar-refractivity contribution in [3.63, 3.8) is 0 Å². The van der Waals surface area contributed by atoms with Crippen LogP contribution in [0.4, 0.5) is 21.9 Å². The van der Waals surface area contributed by atoms with Gasteiger partial charge >= 0.3 is 12.0 Å². The number of carboxylic acids is 1. The molecule has 220 valence electrons. The molecule has 0 unspecified atom stereocenters. The lowest BCUT2D eigenvalue weighted by molar-refractivity contribution is -0.384. The maximum atomic E-state index is 12.9. The van der Waals surface area contributed by atoms with Gasteiger partial charge in [0, 0.05) is 30.9 Å². The number of amides is 4. The quantitative estimate of drug-likeness (QED) is 0.175. The van der Waals surface area contributed by atoms with E-state index in [2.05, 4.69) is 16.0 Å². The first-order chi connectivity index (χ1) is 20.0. The molecule has 3 aromatic carbocycles. The molecule has 0 heterocycles. The third-order valence-corrected chi connectivity index (χ3v) is 6.15. The lowest BCUT2D eigenvalue weighted by Crippen LogP contribution is -2.41. The van der Waals surface area contributed by atoms with E-state index in [9.17, 15) is 29.3 Å². The standard InChI is InChI=1S/C29H31N5O8/c1-19-6-3-4-9-23(19)31-29(39)32-24-11-10-20(15-25(24)42-2)16-26(35)30-17-27(36)33(13-12-28(37)38)18-21-7-5-8-22(14-21)34(40)41/h3-11,14-15H,12-13,16-18H2,1-2H3,(H,30,35)(H,37,38)(H2,31,32,39). The van der Waals surface area contributed by atoms with Gasteiger partial charge in [0.05, 0.1) is 37.1 Å². The highest BCUT2D eigenvalue weighted by atomic mass is 16.6. The zero-order valence-electron chi connectivity index (χ0n) is 23.1. The predicted molar refractivity (Wildman–Crippen MR) is 154 cm³/mol. The van der Waals surface area contributed by atoms with Gasteiger partial charge in [-0.25, -0.2) is 4.79 Å². The average Bonchev–Trinajstić information content (AvgIpc) is 2.96. The Morgan fingerprint density at radius 2 is 1.69 bits per heavy atom. The van der Waals surface area contributed by atoms with Crippen molar-refractivity contribution < 1.29 is 33.9 Å². The van der Waals surface area contributed by atoms with E-state index in [-0.39, 0.29) is 31.6 Å². The summed E-state index contributed by atoms with van der Waals surface area (Å²) in [5, 5.41) is 28.1. The predicted octanol–water partition coefficient (Wildman–Crippen LogP) is 3.72. The summed E-state index contributed by atoms with van der Waals surface area (Å²) in [6, 6.07) is 17.3. The fourth-order valence-corrected chi connectivity index (χ4v) is 3.98. The summed E-state index contributed by atoms with van der Waals surface area (Å²) in [6.45, 7) is 1.26. The van der Waals surface area contributed by atoms with Gasteiger partial charge in [0.2, 0.25) is 11.8 Å². The molecule has 0 saturated heterocycles. The van der Waals surface area contributed by atoms with Gasteiger partial charge in [-0.1, -0.05) is 36.4 Å². The number of urea groups is 1. The second kappa shape index (κ2) is 14.8. The highest BCUT2D eigenvalue weighted by Gasteiger charge is 2.18. The summed E-state index contributed by atoms with van der Waals surface area (Å²) in [7, 11) is 1.43. The molecule has 42 heavy (non-hydrogen) atoms. The lowest BCUT2D eigenvalue weighted by Gasteiger charge is -2.22. The number of carbonyl (C=O) groups is 4. The van der Waals surface area contributed by atoms with Crippen LogP contribution in [-0.2, 0) is 27.3 Å².